The first-order valence-corrected chi connectivity index (χ1v) is 6.34. The molecule has 2 rings (SSSR count). The lowest BCUT2D eigenvalue weighted by Crippen LogP contribution is -2.00. The van der Waals surface area contributed by atoms with Gasteiger partial charge in [-0.25, -0.2) is 14.8 Å². The van der Waals surface area contributed by atoms with E-state index in [0.717, 1.165) is 24.0 Å². The topological polar surface area (TPSA) is 106 Å². The van der Waals surface area contributed by atoms with E-state index in [2.05, 4.69) is 9.97 Å². The molecular weight excluding hydrogens is 306 g/mol. The van der Waals surface area contributed by atoms with E-state index in [-0.39, 0.29) is 26.3 Å². The van der Waals surface area contributed by atoms with E-state index in [0.29, 0.717) is 0 Å². The van der Waals surface area contributed by atoms with Crippen LogP contribution in [0.3, 0.4) is 0 Å². The molecular formula is C11H6ClN3O4S. The summed E-state index contributed by atoms with van der Waals surface area (Å²) < 4.78 is 0. The molecule has 0 aromatic carbocycles. The number of hydrogen-bond acceptors (Lipinski definition) is 6. The maximum absolute atomic E-state index is 11.0. The highest BCUT2D eigenvalue weighted by atomic mass is 35.5. The van der Waals surface area contributed by atoms with Crippen molar-refractivity contribution in [1.29, 1.82) is 0 Å². The standard InChI is InChI=1S/C11H6ClN3O4S/c12-8-4-6(15(18)19)5-14-10(8)20-9-7(11(16)17)2-1-3-13-9/h1-5H,(H,16,17). The molecule has 0 fully saturated rings. The van der Waals surface area contributed by atoms with Crippen LogP contribution in [0.2, 0.25) is 5.02 Å². The number of carboxylic acid groups (broad SMARTS) is 1. The molecule has 0 radical (unpaired) electrons. The van der Waals surface area contributed by atoms with Crippen LogP contribution in [-0.2, 0) is 0 Å². The molecule has 0 amide bonds. The second-order valence-electron chi connectivity index (χ2n) is 3.50. The molecule has 0 spiro atoms. The van der Waals surface area contributed by atoms with Gasteiger partial charge < -0.3 is 5.11 Å². The Kier molecular flexibility index (Phi) is 4.16. The fraction of sp³-hybridized carbons (Fsp3) is 0. The van der Waals surface area contributed by atoms with Crippen molar-refractivity contribution in [2.75, 3.05) is 0 Å². The van der Waals surface area contributed by atoms with Gasteiger partial charge in [0.1, 0.15) is 16.2 Å². The SMILES string of the molecule is O=C(O)c1cccnc1Sc1ncc([N+](=O)[O-])cc1Cl. The Hall–Kier alpha value is -2.19. The summed E-state index contributed by atoms with van der Waals surface area (Å²) in [5.74, 6) is -1.13. The Morgan fingerprint density at radius 2 is 2.15 bits per heavy atom. The van der Waals surface area contributed by atoms with Crippen LogP contribution in [0.4, 0.5) is 5.69 Å². The zero-order valence-electron chi connectivity index (χ0n) is 9.69. The van der Waals surface area contributed by atoms with Gasteiger partial charge in [-0.2, -0.15) is 0 Å². The minimum absolute atomic E-state index is 0.00807. The van der Waals surface area contributed by atoms with Gasteiger partial charge in [0.05, 0.1) is 15.5 Å². The summed E-state index contributed by atoms with van der Waals surface area (Å²) >= 11 is 6.82. The van der Waals surface area contributed by atoms with Gasteiger partial charge in [-0.05, 0) is 23.9 Å². The van der Waals surface area contributed by atoms with E-state index in [1.807, 2.05) is 0 Å². The van der Waals surface area contributed by atoms with Crippen LogP contribution in [0.15, 0.2) is 40.6 Å². The van der Waals surface area contributed by atoms with Gasteiger partial charge in [-0.15, -0.1) is 0 Å². The van der Waals surface area contributed by atoms with Crippen LogP contribution in [-0.4, -0.2) is 26.0 Å². The van der Waals surface area contributed by atoms with E-state index < -0.39 is 10.9 Å². The summed E-state index contributed by atoms with van der Waals surface area (Å²) in [6.45, 7) is 0. The third-order valence-electron chi connectivity index (χ3n) is 2.20. The molecule has 0 aliphatic rings. The fourth-order valence-electron chi connectivity index (χ4n) is 1.32. The van der Waals surface area contributed by atoms with Gasteiger partial charge in [-0.1, -0.05) is 11.6 Å². The van der Waals surface area contributed by atoms with Crippen LogP contribution < -0.4 is 0 Å². The molecule has 9 heteroatoms. The summed E-state index contributed by atoms with van der Waals surface area (Å²) in [4.78, 5) is 28.8. The molecule has 0 aliphatic heterocycles. The van der Waals surface area contributed by atoms with E-state index in [1.54, 1.807) is 0 Å². The van der Waals surface area contributed by atoms with Crippen molar-refractivity contribution in [3.8, 4) is 0 Å². The Morgan fingerprint density at radius 1 is 1.40 bits per heavy atom. The molecule has 0 bridgehead atoms. The minimum atomic E-state index is -1.13. The number of hydrogen-bond donors (Lipinski definition) is 1. The molecule has 1 N–H and O–H groups in total. The number of pyridine rings is 2. The van der Waals surface area contributed by atoms with Gasteiger partial charge in [0.25, 0.3) is 5.69 Å². The van der Waals surface area contributed by atoms with Gasteiger partial charge in [0, 0.05) is 12.3 Å². The summed E-state index contributed by atoms with van der Waals surface area (Å²) in [5.41, 5.74) is -0.229. The molecule has 2 heterocycles. The molecule has 0 atom stereocenters. The second-order valence-corrected chi connectivity index (χ2v) is 4.89. The van der Waals surface area contributed by atoms with Gasteiger partial charge >= 0.3 is 5.97 Å². The molecule has 20 heavy (non-hydrogen) atoms. The lowest BCUT2D eigenvalue weighted by Gasteiger charge is -2.05. The molecule has 102 valence electrons. The Labute approximate surface area is 121 Å². The van der Waals surface area contributed by atoms with Crippen LogP contribution in [0, 0.1) is 10.1 Å². The molecule has 7 nitrogen and oxygen atoms in total. The average molecular weight is 312 g/mol. The number of aromatic nitrogens is 2. The summed E-state index contributed by atoms with van der Waals surface area (Å²) in [6, 6.07) is 4.05. The van der Waals surface area contributed by atoms with Crippen molar-refractivity contribution in [3.05, 3.63) is 51.3 Å². The third kappa shape index (κ3) is 3.03. The molecule has 0 unspecified atom stereocenters. The van der Waals surface area contributed by atoms with E-state index in [4.69, 9.17) is 16.7 Å². The zero-order chi connectivity index (χ0) is 14.7. The quantitative estimate of drug-likeness (QED) is 0.683. The Balaban J connectivity index is 2.36. The van der Waals surface area contributed by atoms with Crippen LogP contribution in [0.25, 0.3) is 0 Å². The number of nitrogens with zero attached hydrogens (tertiary/aromatic N) is 3. The number of carbonyl (C=O) groups is 1. The Morgan fingerprint density at radius 3 is 2.75 bits per heavy atom. The van der Waals surface area contributed by atoms with Crippen LogP contribution >= 0.6 is 23.4 Å². The van der Waals surface area contributed by atoms with Gasteiger partial charge in [0.2, 0.25) is 0 Å². The average Bonchev–Trinajstić information content (AvgIpc) is 2.41. The highest BCUT2D eigenvalue weighted by molar-refractivity contribution is 7.99. The predicted octanol–water partition coefficient (Wildman–Crippen LogP) is 2.89. The van der Waals surface area contributed by atoms with E-state index in [1.165, 1.54) is 18.3 Å². The molecule has 2 aromatic heterocycles. The zero-order valence-corrected chi connectivity index (χ0v) is 11.3. The monoisotopic (exact) mass is 311 g/mol. The van der Waals surface area contributed by atoms with E-state index >= 15 is 0 Å². The lowest BCUT2D eigenvalue weighted by molar-refractivity contribution is -0.385. The van der Waals surface area contributed by atoms with E-state index in [9.17, 15) is 14.9 Å². The maximum atomic E-state index is 11.0. The van der Waals surface area contributed by atoms with Gasteiger partial charge in [-0.3, -0.25) is 10.1 Å². The number of carboxylic acids is 1. The van der Waals surface area contributed by atoms with Crippen LogP contribution in [0.1, 0.15) is 10.4 Å². The number of halogens is 1. The van der Waals surface area contributed by atoms with Crippen molar-refractivity contribution < 1.29 is 14.8 Å². The number of rotatable bonds is 4. The van der Waals surface area contributed by atoms with Crippen molar-refractivity contribution >= 4 is 35.0 Å². The number of nitro groups is 1. The molecule has 0 aliphatic carbocycles. The highest BCUT2D eigenvalue weighted by Gasteiger charge is 2.16. The van der Waals surface area contributed by atoms with Crippen molar-refractivity contribution in [2.24, 2.45) is 0 Å². The van der Waals surface area contributed by atoms with Crippen molar-refractivity contribution in [3.63, 3.8) is 0 Å². The smallest absolute Gasteiger partial charge is 0.338 e. The molecule has 2 aromatic rings. The molecule has 0 saturated heterocycles. The highest BCUT2D eigenvalue weighted by Crippen LogP contribution is 2.33. The van der Waals surface area contributed by atoms with Crippen LogP contribution in [0.5, 0.6) is 0 Å². The maximum Gasteiger partial charge on any atom is 0.338 e. The fourth-order valence-corrected chi connectivity index (χ4v) is 2.42. The normalized spacial score (nSPS) is 10.2. The van der Waals surface area contributed by atoms with Crippen molar-refractivity contribution in [2.45, 2.75) is 10.1 Å². The third-order valence-corrected chi connectivity index (χ3v) is 3.64. The predicted molar refractivity (Wildman–Crippen MR) is 71.2 cm³/mol. The summed E-state index contributed by atoms with van der Waals surface area (Å²) in [7, 11) is 0. The first-order chi connectivity index (χ1) is 9.49. The van der Waals surface area contributed by atoms with Gasteiger partial charge in [0.15, 0.2) is 0 Å². The largest absolute Gasteiger partial charge is 0.478 e. The van der Waals surface area contributed by atoms with Crippen molar-refractivity contribution in [1.82, 2.24) is 9.97 Å². The first-order valence-electron chi connectivity index (χ1n) is 5.15. The number of aromatic carboxylic acids is 1. The lowest BCUT2D eigenvalue weighted by atomic mass is 10.3. The summed E-state index contributed by atoms with van der Waals surface area (Å²) in [5, 5.41) is 20.1. The first kappa shape index (κ1) is 14.2. The minimum Gasteiger partial charge on any atom is -0.478 e. The second kappa shape index (κ2) is 5.85. The summed E-state index contributed by atoms with van der Waals surface area (Å²) in [6.07, 6.45) is 2.49. The Bertz CT molecular complexity index is 695. The molecule has 0 saturated carbocycles.